The minimum absolute atomic E-state index is 0.411. The van der Waals surface area contributed by atoms with Crippen LogP contribution in [0.3, 0.4) is 0 Å². The van der Waals surface area contributed by atoms with Gasteiger partial charge in [0.15, 0.2) is 5.82 Å². The fourth-order valence-corrected chi connectivity index (χ4v) is 3.37. The standard InChI is InChI=1S/C20H19Cl2N5O/c21-17-5-4-15(9-18(17)22)19(28)11-23-10-14-2-1-3-16(8-14)26-7-6-20-24-12-25-27(20)13-26/h1-9,12,19,23,28H,10-11,13H2. The number of hydrogen-bond donors (Lipinski definition) is 2. The minimum atomic E-state index is -0.659. The van der Waals surface area contributed by atoms with E-state index in [0.29, 0.717) is 29.8 Å². The predicted octanol–water partition coefficient (Wildman–Crippen LogP) is 3.86. The van der Waals surface area contributed by atoms with E-state index in [1.807, 2.05) is 23.0 Å². The van der Waals surface area contributed by atoms with Gasteiger partial charge >= 0.3 is 0 Å². The zero-order valence-corrected chi connectivity index (χ0v) is 16.5. The highest BCUT2D eigenvalue weighted by atomic mass is 35.5. The fraction of sp³-hybridized carbons (Fsp3) is 0.200. The largest absolute Gasteiger partial charge is 0.387 e. The molecule has 4 rings (SSSR count). The minimum Gasteiger partial charge on any atom is -0.387 e. The first-order valence-corrected chi connectivity index (χ1v) is 9.61. The zero-order chi connectivity index (χ0) is 19.5. The van der Waals surface area contributed by atoms with Gasteiger partial charge in [-0.25, -0.2) is 9.67 Å². The summed E-state index contributed by atoms with van der Waals surface area (Å²) >= 11 is 11.9. The monoisotopic (exact) mass is 415 g/mol. The van der Waals surface area contributed by atoms with Crippen LogP contribution in [0.15, 0.2) is 55.0 Å². The van der Waals surface area contributed by atoms with Gasteiger partial charge in [-0.2, -0.15) is 5.10 Å². The number of halogens is 2. The first-order valence-electron chi connectivity index (χ1n) is 8.85. The van der Waals surface area contributed by atoms with Crippen LogP contribution in [0.1, 0.15) is 23.1 Å². The number of nitrogens with one attached hydrogen (secondary N) is 1. The number of fused-ring (bicyclic) bond motifs is 1. The zero-order valence-electron chi connectivity index (χ0n) is 15.0. The molecule has 8 heteroatoms. The molecule has 0 aliphatic carbocycles. The molecule has 0 saturated carbocycles. The molecule has 144 valence electrons. The highest BCUT2D eigenvalue weighted by molar-refractivity contribution is 6.42. The van der Waals surface area contributed by atoms with Gasteiger partial charge in [0.25, 0.3) is 0 Å². The van der Waals surface area contributed by atoms with E-state index in [4.69, 9.17) is 23.2 Å². The molecule has 2 heterocycles. The van der Waals surface area contributed by atoms with Crippen LogP contribution in [0.2, 0.25) is 10.0 Å². The summed E-state index contributed by atoms with van der Waals surface area (Å²) in [6.45, 7) is 1.67. The van der Waals surface area contributed by atoms with E-state index in [0.717, 1.165) is 22.6 Å². The van der Waals surface area contributed by atoms with Crippen LogP contribution >= 0.6 is 23.2 Å². The van der Waals surface area contributed by atoms with Crippen LogP contribution in [0.25, 0.3) is 6.08 Å². The number of aliphatic hydroxyl groups excluding tert-OH is 1. The summed E-state index contributed by atoms with van der Waals surface area (Å²) in [6.07, 6.45) is 4.84. The molecule has 2 N–H and O–H groups in total. The molecule has 1 unspecified atom stereocenters. The summed E-state index contributed by atoms with van der Waals surface area (Å²) in [6, 6.07) is 13.4. The number of rotatable bonds is 6. The quantitative estimate of drug-likeness (QED) is 0.639. The third-order valence-electron chi connectivity index (χ3n) is 4.57. The molecule has 0 spiro atoms. The Kier molecular flexibility index (Phi) is 5.64. The Morgan fingerprint density at radius 1 is 1.14 bits per heavy atom. The SMILES string of the molecule is OC(CNCc1cccc(N2C=Cc3ncnn3C2)c1)c1ccc(Cl)c(Cl)c1. The molecule has 0 amide bonds. The Bertz CT molecular complexity index is 1000. The summed E-state index contributed by atoms with van der Waals surface area (Å²) in [5, 5.41) is 18.8. The lowest BCUT2D eigenvalue weighted by Gasteiger charge is -2.24. The summed E-state index contributed by atoms with van der Waals surface area (Å²) in [7, 11) is 0. The second kappa shape index (κ2) is 8.32. The van der Waals surface area contributed by atoms with Crippen molar-refractivity contribution in [1.29, 1.82) is 0 Å². The Labute approximate surface area is 173 Å². The number of hydrogen-bond acceptors (Lipinski definition) is 5. The topological polar surface area (TPSA) is 66.2 Å². The van der Waals surface area contributed by atoms with Crippen molar-refractivity contribution < 1.29 is 5.11 Å². The van der Waals surface area contributed by atoms with E-state index < -0.39 is 6.10 Å². The van der Waals surface area contributed by atoms with Crippen LogP contribution < -0.4 is 10.2 Å². The summed E-state index contributed by atoms with van der Waals surface area (Å²) < 4.78 is 1.85. The van der Waals surface area contributed by atoms with Gasteiger partial charge in [0.2, 0.25) is 0 Å². The third kappa shape index (κ3) is 4.20. The van der Waals surface area contributed by atoms with Crippen molar-refractivity contribution >= 4 is 35.0 Å². The normalized spacial score (nSPS) is 14.2. The maximum absolute atomic E-state index is 10.3. The van der Waals surface area contributed by atoms with E-state index in [2.05, 4.69) is 38.5 Å². The average molecular weight is 416 g/mol. The fourth-order valence-electron chi connectivity index (χ4n) is 3.06. The van der Waals surface area contributed by atoms with Crippen LogP contribution in [-0.4, -0.2) is 26.4 Å². The van der Waals surface area contributed by atoms with Crippen LogP contribution in [-0.2, 0) is 13.2 Å². The van der Waals surface area contributed by atoms with Gasteiger partial charge in [0.05, 0.1) is 16.1 Å². The Hall–Kier alpha value is -2.38. The molecule has 1 atom stereocenters. The Morgan fingerprint density at radius 3 is 2.89 bits per heavy atom. The van der Waals surface area contributed by atoms with Crippen molar-refractivity contribution in [2.24, 2.45) is 0 Å². The van der Waals surface area contributed by atoms with Gasteiger partial charge in [0.1, 0.15) is 13.0 Å². The first kappa shape index (κ1) is 19.0. The molecule has 28 heavy (non-hydrogen) atoms. The van der Waals surface area contributed by atoms with E-state index in [-0.39, 0.29) is 0 Å². The van der Waals surface area contributed by atoms with Gasteiger partial charge in [0, 0.05) is 25.0 Å². The smallest absolute Gasteiger partial charge is 0.154 e. The number of aliphatic hydroxyl groups is 1. The number of aromatic nitrogens is 3. The summed E-state index contributed by atoms with van der Waals surface area (Å²) in [5.74, 6) is 0.852. The molecule has 0 saturated heterocycles. The number of anilines is 1. The average Bonchev–Trinajstić information content (AvgIpc) is 3.18. The van der Waals surface area contributed by atoms with Gasteiger partial charge in [-0.1, -0.05) is 41.4 Å². The maximum Gasteiger partial charge on any atom is 0.154 e. The number of nitrogens with zero attached hydrogens (tertiary/aromatic N) is 4. The molecule has 1 aliphatic heterocycles. The van der Waals surface area contributed by atoms with E-state index in [1.54, 1.807) is 24.5 Å². The summed E-state index contributed by atoms with van der Waals surface area (Å²) in [5.41, 5.74) is 2.93. The molecule has 0 bridgehead atoms. The lowest BCUT2D eigenvalue weighted by molar-refractivity contribution is 0.174. The van der Waals surface area contributed by atoms with Crippen molar-refractivity contribution in [3.05, 3.63) is 82.0 Å². The molecule has 0 radical (unpaired) electrons. The highest BCUT2D eigenvalue weighted by Crippen LogP contribution is 2.25. The molecule has 6 nitrogen and oxygen atoms in total. The van der Waals surface area contributed by atoms with Gasteiger partial charge in [-0.3, -0.25) is 0 Å². The van der Waals surface area contributed by atoms with Crippen LogP contribution in [0, 0.1) is 0 Å². The lowest BCUT2D eigenvalue weighted by atomic mass is 10.1. The molecular formula is C20H19Cl2N5O. The first-order chi connectivity index (χ1) is 13.6. The maximum atomic E-state index is 10.3. The van der Waals surface area contributed by atoms with Crippen molar-refractivity contribution in [1.82, 2.24) is 20.1 Å². The molecule has 1 aromatic heterocycles. The second-order valence-corrected chi connectivity index (χ2v) is 7.35. The van der Waals surface area contributed by atoms with Crippen molar-refractivity contribution in [3.63, 3.8) is 0 Å². The van der Waals surface area contributed by atoms with Crippen LogP contribution in [0.5, 0.6) is 0 Å². The van der Waals surface area contributed by atoms with E-state index in [1.165, 1.54) is 0 Å². The van der Waals surface area contributed by atoms with E-state index in [9.17, 15) is 5.11 Å². The predicted molar refractivity (Wildman–Crippen MR) is 111 cm³/mol. The van der Waals surface area contributed by atoms with Gasteiger partial charge in [-0.15, -0.1) is 0 Å². The molecule has 3 aromatic rings. The van der Waals surface area contributed by atoms with Gasteiger partial charge < -0.3 is 15.3 Å². The molecule has 1 aliphatic rings. The van der Waals surface area contributed by atoms with E-state index >= 15 is 0 Å². The second-order valence-electron chi connectivity index (χ2n) is 6.53. The lowest BCUT2D eigenvalue weighted by Crippen LogP contribution is -2.25. The van der Waals surface area contributed by atoms with Crippen molar-refractivity contribution in [2.75, 3.05) is 11.4 Å². The van der Waals surface area contributed by atoms with Gasteiger partial charge in [-0.05, 0) is 41.5 Å². The highest BCUT2D eigenvalue weighted by Gasteiger charge is 2.13. The van der Waals surface area contributed by atoms with Crippen molar-refractivity contribution in [2.45, 2.75) is 19.3 Å². The Balaban J connectivity index is 1.35. The molecule has 2 aromatic carbocycles. The molecule has 0 fully saturated rings. The summed E-state index contributed by atoms with van der Waals surface area (Å²) in [4.78, 5) is 6.29. The molecular weight excluding hydrogens is 397 g/mol. The number of benzene rings is 2. The van der Waals surface area contributed by atoms with Crippen molar-refractivity contribution in [3.8, 4) is 0 Å². The Morgan fingerprint density at radius 2 is 2.04 bits per heavy atom. The van der Waals surface area contributed by atoms with Crippen LogP contribution in [0.4, 0.5) is 5.69 Å². The third-order valence-corrected chi connectivity index (χ3v) is 5.31.